The molecule has 5 heavy (non-hydrogen) atoms. The standard InChI is InChI=1S/C3H5ClO/c1-3(5)2-4/h5H,1-2H2/p-1. The van der Waals surface area contributed by atoms with E-state index >= 15 is 0 Å². The largest absolute Gasteiger partial charge is 0.875 e. The van der Waals surface area contributed by atoms with Gasteiger partial charge < -0.3 is 5.11 Å². The van der Waals surface area contributed by atoms with Crippen molar-refractivity contribution in [3.8, 4) is 0 Å². The van der Waals surface area contributed by atoms with E-state index in [2.05, 4.69) is 6.58 Å². The Kier molecular flexibility index (Phi) is 2.02. The van der Waals surface area contributed by atoms with E-state index in [0.717, 1.165) is 0 Å². The van der Waals surface area contributed by atoms with Gasteiger partial charge in [0.2, 0.25) is 0 Å². The SMILES string of the molecule is C=C([O-])CCl. The zero-order valence-electron chi connectivity index (χ0n) is 2.70. The van der Waals surface area contributed by atoms with Crippen molar-refractivity contribution in [2.75, 3.05) is 5.88 Å². The molecule has 0 N–H and O–H groups in total. The molecule has 0 unspecified atom stereocenters. The zero-order chi connectivity index (χ0) is 4.28. The predicted molar refractivity (Wildman–Crippen MR) is 19.9 cm³/mol. The first-order valence-corrected chi connectivity index (χ1v) is 1.71. The van der Waals surface area contributed by atoms with Crippen LogP contribution in [-0.2, 0) is 0 Å². The fourth-order valence-corrected chi connectivity index (χ4v) is 0. The molecule has 0 amide bonds. The minimum Gasteiger partial charge on any atom is -0.875 e. The Morgan fingerprint density at radius 1 is 2.00 bits per heavy atom. The Morgan fingerprint density at radius 3 is 2.20 bits per heavy atom. The lowest BCUT2D eigenvalue weighted by Gasteiger charge is -1.98. The first-order chi connectivity index (χ1) is 2.27. The third kappa shape index (κ3) is 3.83. The maximum absolute atomic E-state index is 9.57. The predicted octanol–water partition coefficient (Wildman–Crippen LogP) is 0.0992. The van der Waals surface area contributed by atoms with E-state index in [4.69, 9.17) is 11.6 Å². The Balaban J connectivity index is 2.85. The summed E-state index contributed by atoms with van der Waals surface area (Å²) in [6.45, 7) is 2.99. The van der Waals surface area contributed by atoms with Gasteiger partial charge in [-0.1, -0.05) is 0 Å². The normalized spacial score (nSPS) is 7.40. The lowest BCUT2D eigenvalue weighted by molar-refractivity contribution is -0.300. The molecule has 1 nitrogen and oxygen atoms in total. The summed E-state index contributed by atoms with van der Waals surface area (Å²) in [6, 6.07) is 0. The fourth-order valence-electron chi connectivity index (χ4n) is 0. The van der Waals surface area contributed by atoms with Crippen LogP contribution in [0.4, 0.5) is 0 Å². The Hall–Kier alpha value is -0.170. The van der Waals surface area contributed by atoms with E-state index in [1.54, 1.807) is 0 Å². The summed E-state index contributed by atoms with van der Waals surface area (Å²) in [5, 5.41) is 9.57. The van der Waals surface area contributed by atoms with Crippen LogP contribution < -0.4 is 5.11 Å². The quantitative estimate of drug-likeness (QED) is 0.332. The van der Waals surface area contributed by atoms with Crippen molar-refractivity contribution in [1.29, 1.82) is 0 Å². The molecule has 0 radical (unpaired) electrons. The second kappa shape index (κ2) is 2.09. The molecule has 0 atom stereocenters. The van der Waals surface area contributed by atoms with E-state index in [1.165, 1.54) is 0 Å². The number of hydrogen-bond donors (Lipinski definition) is 0. The molecule has 0 saturated heterocycles. The molecular formula is C3H4ClO-. The van der Waals surface area contributed by atoms with Crippen LogP contribution in [0.15, 0.2) is 12.3 Å². The lowest BCUT2D eigenvalue weighted by Crippen LogP contribution is -2.00. The van der Waals surface area contributed by atoms with Gasteiger partial charge in [0.1, 0.15) is 0 Å². The number of rotatable bonds is 1. The molecule has 0 aromatic heterocycles. The van der Waals surface area contributed by atoms with Gasteiger partial charge in [0.25, 0.3) is 0 Å². The van der Waals surface area contributed by atoms with Crippen molar-refractivity contribution >= 4 is 11.6 Å². The van der Waals surface area contributed by atoms with Gasteiger partial charge in [0.15, 0.2) is 0 Å². The highest BCUT2D eigenvalue weighted by Crippen LogP contribution is 1.77. The molecule has 30 valence electrons. The van der Waals surface area contributed by atoms with Crippen LogP contribution in [0.5, 0.6) is 0 Å². The maximum Gasteiger partial charge on any atom is 0.0328 e. The summed E-state index contributed by atoms with van der Waals surface area (Å²) >= 11 is 4.92. The second-order valence-corrected chi connectivity index (χ2v) is 0.940. The number of alkyl halides is 1. The molecule has 0 heterocycles. The van der Waals surface area contributed by atoms with Crippen LogP contribution >= 0.6 is 11.6 Å². The van der Waals surface area contributed by atoms with Crippen LogP contribution in [-0.4, -0.2) is 5.88 Å². The highest BCUT2D eigenvalue weighted by molar-refractivity contribution is 6.19. The summed E-state index contributed by atoms with van der Waals surface area (Å²) in [5.74, 6) is -0.202. The van der Waals surface area contributed by atoms with Gasteiger partial charge in [-0.25, -0.2) is 0 Å². The maximum atomic E-state index is 9.57. The van der Waals surface area contributed by atoms with Crippen LogP contribution in [0.25, 0.3) is 0 Å². The lowest BCUT2D eigenvalue weighted by atomic mass is 10.7. The van der Waals surface area contributed by atoms with Crippen LogP contribution in [0.3, 0.4) is 0 Å². The Labute approximate surface area is 35.9 Å². The number of halogens is 1. The minimum absolute atomic E-state index is 0.0278. The summed E-state index contributed by atoms with van der Waals surface area (Å²) < 4.78 is 0. The zero-order valence-corrected chi connectivity index (χ0v) is 3.46. The monoisotopic (exact) mass is 91.0 g/mol. The van der Waals surface area contributed by atoms with Gasteiger partial charge in [0, 0.05) is 5.88 Å². The summed E-state index contributed by atoms with van der Waals surface area (Å²) in [7, 11) is 0. The average molecular weight is 91.5 g/mol. The van der Waals surface area contributed by atoms with Crippen molar-refractivity contribution < 1.29 is 5.11 Å². The summed E-state index contributed by atoms with van der Waals surface area (Å²) in [5.41, 5.74) is 0. The van der Waals surface area contributed by atoms with Crippen LogP contribution in [0, 0.1) is 0 Å². The van der Waals surface area contributed by atoms with E-state index in [0.29, 0.717) is 0 Å². The third-order valence-electron chi connectivity index (χ3n) is 0.149. The van der Waals surface area contributed by atoms with Gasteiger partial charge in [-0.15, -0.1) is 23.9 Å². The minimum atomic E-state index is -0.230. The number of hydrogen-bond acceptors (Lipinski definition) is 1. The first-order valence-electron chi connectivity index (χ1n) is 1.18. The molecule has 0 aliphatic heterocycles. The van der Waals surface area contributed by atoms with Crippen molar-refractivity contribution in [2.45, 2.75) is 0 Å². The van der Waals surface area contributed by atoms with Gasteiger partial charge in [-0.3, -0.25) is 0 Å². The Bertz CT molecular complexity index is 42.2. The molecule has 0 spiro atoms. The van der Waals surface area contributed by atoms with Crippen molar-refractivity contribution in [1.82, 2.24) is 0 Å². The Morgan fingerprint density at radius 2 is 2.20 bits per heavy atom. The molecule has 0 bridgehead atoms. The fraction of sp³-hybridized carbons (Fsp3) is 0.333. The smallest absolute Gasteiger partial charge is 0.0328 e. The first kappa shape index (κ1) is 4.83. The molecule has 0 rings (SSSR count). The molecular weight excluding hydrogens is 87.5 g/mol. The molecule has 2 heteroatoms. The molecule has 0 aromatic rings. The van der Waals surface area contributed by atoms with E-state index in [-0.39, 0.29) is 11.6 Å². The van der Waals surface area contributed by atoms with Gasteiger partial charge in [-0.2, -0.15) is 0 Å². The molecule has 0 aliphatic carbocycles. The summed E-state index contributed by atoms with van der Waals surface area (Å²) in [4.78, 5) is 0. The van der Waals surface area contributed by atoms with Crippen LogP contribution in [0.2, 0.25) is 0 Å². The van der Waals surface area contributed by atoms with E-state index in [9.17, 15) is 5.11 Å². The van der Waals surface area contributed by atoms with Crippen molar-refractivity contribution in [2.24, 2.45) is 0 Å². The second-order valence-electron chi connectivity index (χ2n) is 0.672. The highest BCUT2D eigenvalue weighted by Gasteiger charge is 1.60. The van der Waals surface area contributed by atoms with Gasteiger partial charge >= 0.3 is 0 Å². The third-order valence-corrected chi connectivity index (χ3v) is 0.447. The topological polar surface area (TPSA) is 23.1 Å². The molecule has 0 saturated carbocycles. The molecule has 0 aliphatic rings. The van der Waals surface area contributed by atoms with E-state index < -0.39 is 0 Å². The van der Waals surface area contributed by atoms with Gasteiger partial charge in [0.05, 0.1) is 0 Å². The highest BCUT2D eigenvalue weighted by atomic mass is 35.5. The average Bonchev–Trinajstić information content (AvgIpc) is 1.38. The molecule has 0 aromatic carbocycles. The van der Waals surface area contributed by atoms with Crippen molar-refractivity contribution in [3.63, 3.8) is 0 Å². The number of allylic oxidation sites excluding steroid dienone is 1. The summed E-state index contributed by atoms with van der Waals surface area (Å²) in [6.07, 6.45) is 0. The van der Waals surface area contributed by atoms with Crippen LogP contribution in [0.1, 0.15) is 0 Å². The van der Waals surface area contributed by atoms with E-state index in [1.807, 2.05) is 0 Å². The van der Waals surface area contributed by atoms with Gasteiger partial charge in [-0.05, 0) is 0 Å². The molecule has 0 fully saturated rings. The van der Waals surface area contributed by atoms with Crippen molar-refractivity contribution in [3.05, 3.63) is 12.3 Å².